The molecule has 0 radical (unpaired) electrons. The first-order valence-corrected chi connectivity index (χ1v) is 41.8. The van der Waals surface area contributed by atoms with Gasteiger partial charge in [-0.05, 0) is 165 Å². The molecule has 5 amide bonds. The van der Waals surface area contributed by atoms with Crippen LogP contribution in [0.4, 0.5) is 24.5 Å². The van der Waals surface area contributed by atoms with Crippen molar-refractivity contribution in [1.29, 1.82) is 0 Å². The maximum Gasteiger partial charge on any atom is 0.501 e. The number of aryl methyl sites for hydroxylation is 2. The van der Waals surface area contributed by atoms with E-state index >= 15 is 0 Å². The molecule has 6 N–H and O–H groups in total. The lowest BCUT2D eigenvalue weighted by Gasteiger charge is -2.47. The number of sulfone groups is 1. The number of β-amino-alcohol motifs (C(OH)–C–C–N with tert-alkyl or cyclic N) is 1. The predicted molar refractivity (Wildman–Crippen MR) is 413 cm³/mol. The Bertz CT molecular complexity index is 4460. The Hall–Kier alpha value is -7.41. The zero-order valence-electron chi connectivity index (χ0n) is 61.5. The fourth-order valence-corrected chi connectivity index (χ4v) is 18.9. The second-order valence-electron chi connectivity index (χ2n) is 30.6. The molecule has 21 nitrogen and oxygen atoms in total. The molecule has 11 rings (SSSR count). The van der Waals surface area contributed by atoms with Crippen LogP contribution in [0.1, 0.15) is 132 Å². The summed E-state index contributed by atoms with van der Waals surface area (Å²) in [6.45, 7) is 19.3. The lowest BCUT2D eigenvalue weighted by Crippen LogP contribution is -2.57. The Labute approximate surface area is 639 Å². The SMILES string of the molecule is Cc1ncsc1-c1ccc([C@H](C)NC(=O)[C@@H]2C[C@@H](O)CN2C(=O)[C@@H](NC(=O)CCCNCC(=O)N2CCN(CC[C@H](CSc3ccccc3)Nc3ccc(S(=O)(=O)NC(=O)c4ccc5c(c4)CCC4CN(CC6=C(c7ccc(Cl)cc7)CCC(C)(C)C6)CCN54)cc3S(=O)(=O)C(F)(F)F)CC2)C(C)(C)C)cc1. The molecular weight excluding hydrogens is 1470 g/mol. The van der Waals surface area contributed by atoms with E-state index in [0.717, 1.165) is 102 Å². The number of nitrogens with zero attached hydrogens (tertiary/aromatic N) is 6. The maximum absolute atomic E-state index is 14.7. The van der Waals surface area contributed by atoms with Crippen LogP contribution in [0.3, 0.4) is 0 Å². The standard InChI is InChI=1S/C78H97ClF3N11O10S4/c1-50(52-15-17-54(18-16-52)71-51(2)84-49-105-71)85-74(98)67-41-61(94)47-93(67)75(99)72(76(3,4)5)87-69(95)14-11-32-83-44-70(96)91-37-34-89(35-38-91)33-30-59(48-104-62-12-9-8-10-13-62)86-65-27-26-63(42-68(65)106(100,101)78(80,81)82)107(102,103)88-73(97)56-22-28-66-55(40-56)21-25-60-46-90(36-39-92(60)66)45-57-43-77(6,7)31-29-64(57)53-19-23-58(79)24-20-53/h8-10,12-13,15-20,22-24,26-28,40,42,49-50,59-61,67,72,83,86,94H,11,14,21,25,29-39,41,43-48H2,1-7H3,(H,85,98)(H,87,95)(H,88,97)/t50-,59+,60?,61+,67-,72+/m0/s1. The topological polar surface area (TPSA) is 263 Å². The molecule has 4 aliphatic heterocycles. The number of nitrogens with one attached hydrogen (secondary N) is 5. The van der Waals surface area contributed by atoms with Crippen molar-refractivity contribution >= 4 is 101 Å². The molecule has 1 unspecified atom stereocenters. The van der Waals surface area contributed by atoms with E-state index in [1.807, 2.05) is 106 Å². The number of aliphatic hydroxyl groups excluding tert-OH is 1. The summed E-state index contributed by atoms with van der Waals surface area (Å²) in [5.74, 6) is -2.25. The van der Waals surface area contributed by atoms with E-state index < -0.39 is 100 Å². The zero-order valence-corrected chi connectivity index (χ0v) is 65.5. The number of hydrogen-bond donors (Lipinski definition) is 6. The Morgan fingerprint density at radius 3 is 2.23 bits per heavy atom. The highest BCUT2D eigenvalue weighted by molar-refractivity contribution is 7.99. The van der Waals surface area contributed by atoms with E-state index in [4.69, 9.17) is 11.6 Å². The number of aromatic nitrogens is 1. The molecular formula is C78H97ClF3N11O10S4. The number of sulfonamides is 1. The van der Waals surface area contributed by atoms with Crippen LogP contribution in [0.2, 0.25) is 5.02 Å². The maximum atomic E-state index is 14.7. The number of thiazole rings is 1. The van der Waals surface area contributed by atoms with Gasteiger partial charge in [0, 0.05) is 117 Å². The highest BCUT2D eigenvalue weighted by Gasteiger charge is 2.49. The van der Waals surface area contributed by atoms with Gasteiger partial charge in [-0.1, -0.05) is 106 Å². The van der Waals surface area contributed by atoms with Crippen LogP contribution in [0.25, 0.3) is 16.0 Å². The number of likely N-dealkylation sites (tertiary alicyclic amines) is 1. The average Bonchev–Trinajstić information content (AvgIpc) is 1.12. The lowest BCUT2D eigenvalue weighted by molar-refractivity contribution is -0.144. The molecule has 6 atom stereocenters. The van der Waals surface area contributed by atoms with E-state index in [-0.39, 0.29) is 54.6 Å². The summed E-state index contributed by atoms with van der Waals surface area (Å²) in [5.41, 5.74) is 3.55. The van der Waals surface area contributed by atoms with Crippen molar-refractivity contribution in [3.8, 4) is 10.4 Å². The second-order valence-corrected chi connectivity index (χ2v) is 36.6. The van der Waals surface area contributed by atoms with Crippen LogP contribution in [-0.2, 0) is 45.5 Å². The minimum atomic E-state index is -6.19. The van der Waals surface area contributed by atoms with Gasteiger partial charge in [0.15, 0.2) is 0 Å². The first-order chi connectivity index (χ1) is 50.7. The number of rotatable bonds is 27. The van der Waals surface area contributed by atoms with Crippen molar-refractivity contribution in [2.45, 2.75) is 163 Å². The molecule has 5 aliphatic rings. The van der Waals surface area contributed by atoms with Gasteiger partial charge in [0.2, 0.25) is 23.6 Å². The Morgan fingerprint density at radius 1 is 0.832 bits per heavy atom. The molecule has 5 aromatic carbocycles. The quantitative estimate of drug-likeness (QED) is 0.0207. The van der Waals surface area contributed by atoms with Gasteiger partial charge in [-0.2, -0.15) is 13.2 Å². The van der Waals surface area contributed by atoms with Crippen molar-refractivity contribution in [1.82, 2.24) is 45.3 Å². The molecule has 0 spiro atoms. The Kier molecular flexibility index (Phi) is 25.8. The number of thioether (sulfide) groups is 1. The van der Waals surface area contributed by atoms with Gasteiger partial charge < -0.3 is 41.1 Å². The van der Waals surface area contributed by atoms with Gasteiger partial charge in [0.25, 0.3) is 25.8 Å². The first kappa shape index (κ1) is 80.6. The zero-order chi connectivity index (χ0) is 76.8. The van der Waals surface area contributed by atoms with Crippen molar-refractivity contribution in [2.75, 3.05) is 94.5 Å². The highest BCUT2D eigenvalue weighted by atomic mass is 35.5. The average molecular weight is 1570 g/mol. The van der Waals surface area contributed by atoms with Crippen molar-refractivity contribution in [2.24, 2.45) is 10.8 Å². The third kappa shape index (κ3) is 20.2. The molecule has 0 bridgehead atoms. The summed E-state index contributed by atoms with van der Waals surface area (Å²) in [6, 6.07) is 29.6. The summed E-state index contributed by atoms with van der Waals surface area (Å²) >= 11 is 9.20. The molecule has 5 heterocycles. The number of aliphatic hydroxyl groups is 1. The molecule has 3 saturated heterocycles. The Morgan fingerprint density at radius 2 is 1.54 bits per heavy atom. The summed E-state index contributed by atoms with van der Waals surface area (Å²) in [4.78, 5) is 83.0. The van der Waals surface area contributed by atoms with E-state index in [1.165, 1.54) is 39.4 Å². The minimum Gasteiger partial charge on any atom is -0.391 e. The fourth-order valence-electron chi connectivity index (χ4n) is 15.0. The largest absolute Gasteiger partial charge is 0.501 e. The lowest BCUT2D eigenvalue weighted by atomic mass is 9.72. The van der Waals surface area contributed by atoms with Gasteiger partial charge in [0.1, 0.15) is 17.0 Å². The molecule has 1 aromatic heterocycles. The number of benzene rings is 5. The van der Waals surface area contributed by atoms with Gasteiger partial charge in [0.05, 0.1) is 45.4 Å². The second kappa shape index (κ2) is 34.2. The fraction of sp³-hybridized carbons (Fsp3) is 0.487. The number of halogens is 4. The van der Waals surface area contributed by atoms with E-state index in [0.29, 0.717) is 69.6 Å². The number of carbonyl (C=O) groups excluding carboxylic acids is 5. The summed E-state index contributed by atoms with van der Waals surface area (Å²) < 4.78 is 101. The third-order valence-corrected chi connectivity index (χ3v) is 26.3. The molecule has 3 fully saturated rings. The number of fused-ring (bicyclic) bond motifs is 3. The van der Waals surface area contributed by atoms with Crippen LogP contribution in [0.15, 0.2) is 141 Å². The van der Waals surface area contributed by atoms with Crippen LogP contribution >= 0.6 is 34.7 Å². The van der Waals surface area contributed by atoms with Crippen LogP contribution < -0.4 is 30.9 Å². The monoisotopic (exact) mass is 1570 g/mol. The highest BCUT2D eigenvalue weighted by Crippen LogP contribution is 2.44. The summed E-state index contributed by atoms with van der Waals surface area (Å²) in [6.07, 6.45) is 4.26. The normalized spacial score (nSPS) is 19.7. The number of carbonyl (C=O) groups is 5. The molecule has 0 saturated carbocycles. The van der Waals surface area contributed by atoms with E-state index in [1.54, 1.807) is 33.9 Å². The minimum absolute atomic E-state index is 0.0127. The third-order valence-electron chi connectivity index (χ3n) is 21.0. The van der Waals surface area contributed by atoms with Gasteiger partial charge in [-0.25, -0.2) is 26.5 Å². The summed E-state index contributed by atoms with van der Waals surface area (Å²) in [5, 5.41) is 23.5. The number of piperazine rings is 2. The number of allylic oxidation sites excluding steroid dienone is 1. The van der Waals surface area contributed by atoms with Crippen molar-refractivity contribution in [3.05, 3.63) is 159 Å². The Balaban J connectivity index is 0.655. The molecule has 107 heavy (non-hydrogen) atoms. The van der Waals surface area contributed by atoms with Crippen LogP contribution in [-0.4, -0.2) is 196 Å². The molecule has 29 heteroatoms. The number of hydrogen-bond acceptors (Lipinski definition) is 18. The smallest absolute Gasteiger partial charge is 0.391 e. The summed E-state index contributed by atoms with van der Waals surface area (Å²) in [7, 11) is -11.2. The van der Waals surface area contributed by atoms with Gasteiger partial charge >= 0.3 is 5.51 Å². The predicted octanol–water partition coefficient (Wildman–Crippen LogP) is 11.1. The van der Waals surface area contributed by atoms with Crippen LogP contribution in [0, 0.1) is 17.8 Å². The molecule has 6 aromatic rings. The number of amides is 5. The van der Waals surface area contributed by atoms with Gasteiger partial charge in [-0.15, -0.1) is 23.1 Å². The van der Waals surface area contributed by atoms with E-state index in [2.05, 4.69) is 66.9 Å². The number of anilines is 2. The molecule has 1 aliphatic carbocycles. The number of alkyl halides is 3. The molecule has 576 valence electrons. The van der Waals surface area contributed by atoms with Crippen LogP contribution in [0.5, 0.6) is 0 Å². The van der Waals surface area contributed by atoms with Crippen molar-refractivity contribution < 1.29 is 59.1 Å². The van der Waals surface area contributed by atoms with Crippen molar-refractivity contribution in [3.63, 3.8) is 0 Å². The van der Waals surface area contributed by atoms with E-state index in [9.17, 15) is 59.1 Å². The van der Waals surface area contributed by atoms with Gasteiger partial charge in [-0.3, -0.25) is 33.8 Å². The first-order valence-electron chi connectivity index (χ1n) is 36.6.